The lowest BCUT2D eigenvalue weighted by Crippen LogP contribution is -2.45. The summed E-state index contributed by atoms with van der Waals surface area (Å²) in [6.45, 7) is 0. The lowest BCUT2D eigenvalue weighted by atomic mass is 9.99. The number of aromatic amines is 2. The van der Waals surface area contributed by atoms with Crippen molar-refractivity contribution in [3.05, 3.63) is 113 Å². The summed E-state index contributed by atoms with van der Waals surface area (Å²) < 4.78 is 9.60. The number of hydrogen-bond donors (Lipinski definition) is 5. The van der Waals surface area contributed by atoms with E-state index in [2.05, 4.69) is 41.8 Å². The smallest absolute Gasteiger partial charge is 0.328 e. The third-order valence-electron chi connectivity index (χ3n) is 9.38. The summed E-state index contributed by atoms with van der Waals surface area (Å²) in [6, 6.07) is 19.9. The number of hydrogen-bond acceptors (Lipinski definition) is 8. The zero-order chi connectivity index (χ0) is 35.7. The van der Waals surface area contributed by atoms with Crippen LogP contribution in [0.3, 0.4) is 0 Å². The molecule has 2 heterocycles. The Labute approximate surface area is 308 Å². The number of aryl methyl sites for hydroxylation is 2. The molecule has 2 amide bonds. The molecule has 0 fully saturated rings. The Hall–Kier alpha value is -5.46. The molecule has 0 bridgehead atoms. The summed E-state index contributed by atoms with van der Waals surface area (Å²) in [5, 5.41) is 19.7. The van der Waals surface area contributed by atoms with Crippen LogP contribution in [0.15, 0.2) is 79.1 Å². The van der Waals surface area contributed by atoms with Crippen molar-refractivity contribution in [1.29, 1.82) is 0 Å². The Kier molecular flexibility index (Phi) is 12.8. The lowest BCUT2D eigenvalue weighted by Gasteiger charge is -2.20. The van der Waals surface area contributed by atoms with Crippen LogP contribution in [0, 0.1) is 0 Å². The van der Waals surface area contributed by atoms with Gasteiger partial charge >= 0.3 is 18.0 Å². The van der Waals surface area contributed by atoms with Crippen molar-refractivity contribution in [2.24, 2.45) is 5.73 Å². The van der Waals surface area contributed by atoms with E-state index in [0.29, 0.717) is 12.8 Å². The number of carbonyl (C=O) groups excluding carboxylic acids is 3. The molecule has 2 aromatic heterocycles. The fourth-order valence-corrected chi connectivity index (χ4v) is 6.90. The van der Waals surface area contributed by atoms with Crippen molar-refractivity contribution in [1.82, 2.24) is 25.7 Å². The maximum atomic E-state index is 13.0. The van der Waals surface area contributed by atoms with Gasteiger partial charge in [-0.05, 0) is 114 Å². The summed E-state index contributed by atoms with van der Waals surface area (Å²) in [4.78, 5) is 36.8. The Morgan fingerprint density at radius 2 is 1.29 bits per heavy atom. The molecule has 2 aliphatic carbocycles. The van der Waals surface area contributed by atoms with Crippen LogP contribution in [-0.2, 0) is 57.6 Å². The van der Waals surface area contributed by atoms with Crippen LogP contribution in [-0.4, -0.2) is 64.7 Å². The van der Waals surface area contributed by atoms with E-state index in [4.69, 9.17) is 10.5 Å². The maximum Gasteiger partial charge on any atom is 0.328 e. The van der Waals surface area contributed by atoms with Crippen LogP contribution in [0.2, 0.25) is 0 Å². The number of fused-ring (bicyclic) bond motifs is 2. The molecule has 0 saturated carbocycles. The number of benzene rings is 3. The quantitative estimate of drug-likeness (QED) is 0.117. The molecule has 272 valence electrons. The average Bonchev–Trinajstić information content (AvgIpc) is 3.99. The third kappa shape index (κ3) is 9.06. The van der Waals surface area contributed by atoms with Gasteiger partial charge in [0.2, 0.25) is 0 Å². The second-order valence-electron chi connectivity index (χ2n) is 12.8. The molecule has 0 radical (unpaired) electrons. The highest BCUT2D eigenvalue weighted by Gasteiger charge is 2.27. The van der Waals surface area contributed by atoms with Gasteiger partial charge in [-0.25, -0.2) is 9.59 Å². The van der Waals surface area contributed by atoms with E-state index in [1.807, 2.05) is 60.7 Å². The molecule has 7 rings (SSSR count). The summed E-state index contributed by atoms with van der Waals surface area (Å²) in [7, 11) is 2.68. The number of ether oxygens (including phenoxy) is 2. The SMILES string of the molecule is COC(=O)[C@@H](Cc1cccc(-c2ccn[nH]2)c1)NC(=O)Nc1c2c(cc3c1CCC3)CCC2.COC(=O)[C@H](N)Cc1cccc(-c2ccn[nH]2)c1.Cl. The van der Waals surface area contributed by atoms with Crippen LogP contribution in [0.1, 0.15) is 46.2 Å². The molecule has 0 unspecified atom stereocenters. The number of nitrogens with two attached hydrogens (primary N) is 1. The number of esters is 2. The first-order valence-corrected chi connectivity index (χ1v) is 17.2. The van der Waals surface area contributed by atoms with E-state index < -0.39 is 24.0 Å². The van der Waals surface area contributed by atoms with Gasteiger partial charge in [0.1, 0.15) is 12.1 Å². The van der Waals surface area contributed by atoms with Crippen LogP contribution in [0.5, 0.6) is 0 Å². The largest absolute Gasteiger partial charge is 0.468 e. The van der Waals surface area contributed by atoms with Crippen LogP contribution in [0.25, 0.3) is 22.5 Å². The van der Waals surface area contributed by atoms with Gasteiger partial charge in [-0.15, -0.1) is 12.4 Å². The fourth-order valence-electron chi connectivity index (χ4n) is 6.90. The minimum absolute atomic E-state index is 0. The van der Waals surface area contributed by atoms with Gasteiger partial charge in [0.25, 0.3) is 0 Å². The Morgan fingerprint density at radius 3 is 1.79 bits per heavy atom. The van der Waals surface area contributed by atoms with E-state index in [1.165, 1.54) is 36.5 Å². The normalized spacial score (nSPS) is 13.7. The van der Waals surface area contributed by atoms with Crippen molar-refractivity contribution in [2.75, 3.05) is 19.5 Å². The van der Waals surface area contributed by atoms with Gasteiger partial charge < -0.3 is 25.8 Å². The molecule has 13 heteroatoms. The van der Waals surface area contributed by atoms with Gasteiger partial charge in [0, 0.05) is 24.5 Å². The van der Waals surface area contributed by atoms with Gasteiger partial charge in [-0.1, -0.05) is 42.5 Å². The van der Waals surface area contributed by atoms with Gasteiger partial charge in [-0.2, -0.15) is 10.2 Å². The summed E-state index contributed by atoms with van der Waals surface area (Å²) >= 11 is 0. The molecule has 5 aromatic rings. The van der Waals surface area contributed by atoms with Crippen molar-refractivity contribution in [3.8, 4) is 22.5 Å². The molecule has 0 saturated heterocycles. The topological polar surface area (TPSA) is 177 Å². The highest BCUT2D eigenvalue weighted by molar-refractivity contribution is 5.94. The minimum Gasteiger partial charge on any atom is -0.468 e. The number of amides is 2. The first-order chi connectivity index (χ1) is 24.8. The number of aromatic nitrogens is 4. The number of urea groups is 1. The van der Waals surface area contributed by atoms with E-state index in [1.54, 1.807) is 12.4 Å². The highest BCUT2D eigenvalue weighted by Crippen LogP contribution is 2.38. The Bertz CT molecular complexity index is 1950. The molecule has 6 N–H and O–H groups in total. The second kappa shape index (κ2) is 17.7. The van der Waals surface area contributed by atoms with E-state index in [-0.39, 0.29) is 18.4 Å². The predicted octanol–water partition coefficient (Wildman–Crippen LogP) is 5.50. The molecule has 2 aliphatic rings. The molecular formula is C39H44ClN7O5. The molecular weight excluding hydrogens is 682 g/mol. The summed E-state index contributed by atoms with van der Waals surface area (Å²) in [6.07, 6.45) is 10.5. The van der Waals surface area contributed by atoms with Gasteiger partial charge in [0.15, 0.2) is 0 Å². The lowest BCUT2D eigenvalue weighted by molar-refractivity contribution is -0.143. The molecule has 0 spiro atoms. The maximum absolute atomic E-state index is 13.0. The van der Waals surface area contributed by atoms with Crippen LogP contribution in [0.4, 0.5) is 10.5 Å². The standard InChI is InChI=1S/C26H28N4O3.C13H15N3O2.ClH/c1-33-25(31)23(14-16-5-2-8-19(13-16)22-11-12-27-30-22)28-26(32)29-24-20-9-3-6-17(20)15-18-7-4-10-21(18)24;1-18-13(17)11(14)8-9-3-2-4-10(7-9)12-5-6-15-16-12;/h2,5,8,11-13,15,23H,3-4,6-7,9-10,14H2,1H3,(H,27,30)(H2,28,29,32);2-7,11H,8,14H2,1H3,(H,15,16);1H/t23-;11-;/m11./s1. The molecule has 3 aromatic carbocycles. The summed E-state index contributed by atoms with van der Waals surface area (Å²) in [5.74, 6) is -0.873. The number of halogens is 1. The Morgan fingerprint density at radius 1 is 0.750 bits per heavy atom. The first-order valence-electron chi connectivity index (χ1n) is 17.2. The second-order valence-corrected chi connectivity index (χ2v) is 12.8. The predicted molar refractivity (Wildman–Crippen MR) is 201 cm³/mol. The number of nitrogens with one attached hydrogen (secondary N) is 4. The Balaban J connectivity index is 0.000000234. The van der Waals surface area contributed by atoms with Gasteiger partial charge in [-0.3, -0.25) is 15.0 Å². The van der Waals surface area contributed by atoms with E-state index >= 15 is 0 Å². The average molecular weight is 726 g/mol. The number of anilines is 1. The molecule has 12 nitrogen and oxygen atoms in total. The van der Waals surface area contributed by atoms with E-state index in [9.17, 15) is 14.4 Å². The number of nitrogens with zero attached hydrogens (tertiary/aromatic N) is 2. The number of carbonyl (C=O) groups is 3. The first kappa shape index (κ1) is 37.8. The van der Waals surface area contributed by atoms with Crippen molar-refractivity contribution in [3.63, 3.8) is 0 Å². The van der Waals surface area contributed by atoms with Crippen molar-refractivity contribution in [2.45, 2.75) is 63.5 Å². The minimum atomic E-state index is -0.795. The van der Waals surface area contributed by atoms with Crippen molar-refractivity contribution >= 4 is 36.1 Å². The summed E-state index contributed by atoms with van der Waals surface area (Å²) in [5.41, 5.74) is 17.6. The van der Waals surface area contributed by atoms with Crippen molar-refractivity contribution < 1.29 is 23.9 Å². The number of rotatable bonds is 10. The highest BCUT2D eigenvalue weighted by atomic mass is 35.5. The fraction of sp³-hybridized carbons (Fsp3) is 0.308. The van der Waals surface area contributed by atoms with Crippen LogP contribution >= 0.6 is 12.4 Å². The zero-order valence-electron chi connectivity index (χ0n) is 29.2. The number of methoxy groups -OCH3 is 2. The zero-order valence-corrected chi connectivity index (χ0v) is 30.1. The van der Waals surface area contributed by atoms with Gasteiger partial charge in [0.05, 0.1) is 25.6 Å². The number of H-pyrrole nitrogens is 2. The third-order valence-corrected chi connectivity index (χ3v) is 9.38. The molecule has 2 atom stereocenters. The monoisotopic (exact) mass is 725 g/mol. The van der Waals surface area contributed by atoms with E-state index in [0.717, 1.165) is 77.9 Å². The van der Waals surface area contributed by atoms with Crippen LogP contribution < -0.4 is 16.4 Å². The molecule has 52 heavy (non-hydrogen) atoms. The molecule has 0 aliphatic heterocycles.